The summed E-state index contributed by atoms with van der Waals surface area (Å²) in [4.78, 5) is 11.2. The monoisotopic (exact) mass is 276 g/mol. The molecule has 0 aliphatic rings. The number of carbonyl (C=O) groups is 1. The van der Waals surface area contributed by atoms with Crippen LogP contribution in [-0.4, -0.2) is 53.8 Å². The van der Waals surface area contributed by atoms with Crippen LogP contribution in [0.2, 0.25) is 0 Å². The van der Waals surface area contributed by atoms with E-state index >= 15 is 0 Å². The van der Waals surface area contributed by atoms with E-state index in [-0.39, 0.29) is 19.1 Å². The van der Waals surface area contributed by atoms with E-state index in [9.17, 15) is 9.90 Å². The lowest BCUT2D eigenvalue weighted by Gasteiger charge is -2.11. The van der Waals surface area contributed by atoms with Crippen molar-refractivity contribution in [3.05, 3.63) is 0 Å². The van der Waals surface area contributed by atoms with Crippen LogP contribution in [0.25, 0.3) is 0 Å². The number of aliphatic hydroxyl groups excluding tert-OH is 3. The van der Waals surface area contributed by atoms with E-state index < -0.39 is 6.23 Å². The molecule has 1 amide bonds. The van der Waals surface area contributed by atoms with Gasteiger partial charge < -0.3 is 20.6 Å². The molecule has 114 valence electrons. The third kappa shape index (κ3) is 13.5. The lowest BCUT2D eigenvalue weighted by atomic mass is 10.1. The van der Waals surface area contributed by atoms with Crippen molar-refractivity contribution in [3.63, 3.8) is 0 Å². The largest absolute Gasteiger partial charge is 0.395 e. The van der Waals surface area contributed by atoms with Gasteiger partial charge in [-0.1, -0.05) is 19.3 Å². The first-order valence-electron chi connectivity index (χ1n) is 7.10. The molecular formula is C13H28N2O4. The Morgan fingerprint density at radius 3 is 2.26 bits per heavy atom. The summed E-state index contributed by atoms with van der Waals surface area (Å²) >= 11 is 0. The van der Waals surface area contributed by atoms with Crippen LogP contribution in [-0.2, 0) is 4.79 Å². The fourth-order valence-corrected chi connectivity index (χ4v) is 1.77. The molecule has 0 radical (unpaired) electrons. The molecule has 5 N–H and O–H groups in total. The number of hydrogen-bond acceptors (Lipinski definition) is 5. The van der Waals surface area contributed by atoms with E-state index in [1.54, 1.807) is 0 Å². The van der Waals surface area contributed by atoms with Crippen molar-refractivity contribution in [1.82, 2.24) is 10.6 Å². The lowest BCUT2D eigenvalue weighted by molar-refractivity contribution is -0.121. The van der Waals surface area contributed by atoms with Gasteiger partial charge >= 0.3 is 0 Å². The van der Waals surface area contributed by atoms with Gasteiger partial charge in [0.15, 0.2) is 0 Å². The molecule has 0 aliphatic heterocycles. The number of unbranched alkanes of at least 4 members (excludes halogenated alkanes) is 4. The zero-order chi connectivity index (χ0) is 14.3. The van der Waals surface area contributed by atoms with Crippen LogP contribution < -0.4 is 10.6 Å². The maximum Gasteiger partial charge on any atom is 0.220 e. The molecule has 6 heteroatoms. The van der Waals surface area contributed by atoms with Crippen molar-refractivity contribution in [2.45, 2.75) is 51.2 Å². The molecule has 1 atom stereocenters. The van der Waals surface area contributed by atoms with Crippen molar-refractivity contribution in [1.29, 1.82) is 0 Å². The summed E-state index contributed by atoms with van der Waals surface area (Å²) < 4.78 is 0. The van der Waals surface area contributed by atoms with Gasteiger partial charge in [-0.05, 0) is 19.3 Å². The molecule has 0 rings (SSSR count). The Kier molecular flexibility index (Phi) is 13.2. The van der Waals surface area contributed by atoms with Gasteiger partial charge in [-0.2, -0.15) is 0 Å². The number of amides is 1. The fraction of sp³-hybridized carbons (Fsp3) is 0.923. The zero-order valence-corrected chi connectivity index (χ0v) is 11.6. The fourth-order valence-electron chi connectivity index (χ4n) is 1.77. The Balaban J connectivity index is 3.20. The second-order valence-corrected chi connectivity index (χ2v) is 4.57. The van der Waals surface area contributed by atoms with Crippen LogP contribution in [0.15, 0.2) is 0 Å². The molecule has 0 bridgehead atoms. The first kappa shape index (κ1) is 18.3. The summed E-state index contributed by atoms with van der Waals surface area (Å²) in [7, 11) is 0. The molecule has 0 heterocycles. The Morgan fingerprint density at radius 2 is 1.58 bits per heavy atom. The molecule has 1 unspecified atom stereocenters. The smallest absolute Gasteiger partial charge is 0.220 e. The average molecular weight is 276 g/mol. The predicted molar refractivity (Wildman–Crippen MR) is 73.5 cm³/mol. The SMILES string of the molecule is O=C(CCCCCCCC(O)NCCO)NCCO. The van der Waals surface area contributed by atoms with Gasteiger partial charge in [-0.25, -0.2) is 0 Å². The zero-order valence-electron chi connectivity index (χ0n) is 11.6. The molecule has 0 spiro atoms. The molecule has 0 fully saturated rings. The minimum absolute atomic E-state index is 0.00215. The number of nitrogens with one attached hydrogen (secondary N) is 2. The van der Waals surface area contributed by atoms with E-state index in [4.69, 9.17) is 10.2 Å². The molecule has 0 saturated heterocycles. The van der Waals surface area contributed by atoms with Crippen LogP contribution in [0, 0.1) is 0 Å². The third-order valence-electron chi connectivity index (χ3n) is 2.81. The van der Waals surface area contributed by atoms with Gasteiger partial charge in [-0.15, -0.1) is 0 Å². The highest BCUT2D eigenvalue weighted by Crippen LogP contribution is 2.08. The molecule has 0 aromatic carbocycles. The first-order valence-corrected chi connectivity index (χ1v) is 7.10. The first-order chi connectivity index (χ1) is 9.20. The number of carbonyl (C=O) groups excluding carboxylic acids is 1. The Labute approximate surface area is 115 Å². The van der Waals surface area contributed by atoms with Gasteiger partial charge in [0.05, 0.1) is 13.2 Å². The van der Waals surface area contributed by atoms with Gasteiger partial charge in [0.1, 0.15) is 6.23 Å². The highest BCUT2D eigenvalue weighted by molar-refractivity contribution is 5.75. The van der Waals surface area contributed by atoms with Crippen LogP contribution in [0.5, 0.6) is 0 Å². The molecule has 0 aromatic rings. The average Bonchev–Trinajstić information content (AvgIpc) is 2.41. The maximum atomic E-state index is 11.2. The number of rotatable bonds is 13. The van der Waals surface area contributed by atoms with Gasteiger partial charge in [0.2, 0.25) is 5.91 Å². The second-order valence-electron chi connectivity index (χ2n) is 4.57. The van der Waals surface area contributed by atoms with Gasteiger partial charge in [-0.3, -0.25) is 10.1 Å². The molecule has 0 saturated carbocycles. The van der Waals surface area contributed by atoms with Gasteiger partial charge in [0, 0.05) is 19.5 Å². The summed E-state index contributed by atoms with van der Waals surface area (Å²) in [5.74, 6) is -0.00215. The Morgan fingerprint density at radius 1 is 0.947 bits per heavy atom. The summed E-state index contributed by atoms with van der Waals surface area (Å²) in [5, 5.41) is 32.0. The van der Waals surface area contributed by atoms with E-state index in [2.05, 4.69) is 10.6 Å². The Bertz CT molecular complexity index is 215. The standard InChI is InChI=1S/C13H28N2O4/c16-10-8-14-12(18)6-4-2-1-3-5-7-13(19)15-9-11-17/h12,14,16-18H,1-11H2,(H,15,19). The summed E-state index contributed by atoms with van der Waals surface area (Å²) in [6.45, 7) is 0.773. The summed E-state index contributed by atoms with van der Waals surface area (Å²) in [6, 6.07) is 0. The minimum Gasteiger partial charge on any atom is -0.395 e. The van der Waals surface area contributed by atoms with Crippen LogP contribution >= 0.6 is 0 Å². The molecular weight excluding hydrogens is 248 g/mol. The summed E-state index contributed by atoms with van der Waals surface area (Å²) in [5.41, 5.74) is 0. The van der Waals surface area contributed by atoms with Crippen LogP contribution in [0.3, 0.4) is 0 Å². The highest BCUT2D eigenvalue weighted by Gasteiger charge is 2.02. The van der Waals surface area contributed by atoms with Crippen LogP contribution in [0.1, 0.15) is 44.9 Å². The highest BCUT2D eigenvalue weighted by atomic mass is 16.3. The van der Waals surface area contributed by atoms with Gasteiger partial charge in [0.25, 0.3) is 0 Å². The molecule has 0 aliphatic carbocycles. The lowest BCUT2D eigenvalue weighted by Crippen LogP contribution is -2.30. The number of hydrogen-bond donors (Lipinski definition) is 5. The molecule has 6 nitrogen and oxygen atoms in total. The minimum atomic E-state index is -0.531. The van der Waals surface area contributed by atoms with Crippen molar-refractivity contribution >= 4 is 5.91 Å². The Hall–Kier alpha value is -0.690. The third-order valence-corrected chi connectivity index (χ3v) is 2.81. The second kappa shape index (κ2) is 13.7. The van der Waals surface area contributed by atoms with Crippen molar-refractivity contribution in [2.24, 2.45) is 0 Å². The topological polar surface area (TPSA) is 102 Å². The molecule has 19 heavy (non-hydrogen) atoms. The van der Waals surface area contributed by atoms with E-state index in [0.717, 1.165) is 32.1 Å². The quantitative estimate of drug-likeness (QED) is 0.235. The summed E-state index contributed by atoms with van der Waals surface area (Å²) in [6.07, 6.45) is 5.58. The van der Waals surface area contributed by atoms with E-state index in [1.165, 1.54) is 0 Å². The predicted octanol–water partition coefficient (Wildman–Crippen LogP) is -0.274. The normalized spacial score (nSPS) is 12.4. The van der Waals surface area contributed by atoms with Crippen molar-refractivity contribution in [2.75, 3.05) is 26.3 Å². The van der Waals surface area contributed by atoms with E-state index in [0.29, 0.717) is 25.9 Å². The van der Waals surface area contributed by atoms with Crippen molar-refractivity contribution in [3.8, 4) is 0 Å². The molecule has 0 aromatic heterocycles. The number of aliphatic hydroxyl groups is 3. The van der Waals surface area contributed by atoms with Crippen LogP contribution in [0.4, 0.5) is 0 Å². The maximum absolute atomic E-state index is 11.2. The van der Waals surface area contributed by atoms with E-state index in [1.807, 2.05) is 0 Å². The van der Waals surface area contributed by atoms with Crippen molar-refractivity contribution < 1.29 is 20.1 Å².